The minimum absolute atomic E-state index is 0.0191. The predicted octanol–water partition coefficient (Wildman–Crippen LogP) is 1.94. The quantitative estimate of drug-likeness (QED) is 0.777. The molecule has 1 heterocycles. The molecule has 0 aromatic carbocycles. The van der Waals surface area contributed by atoms with E-state index in [1.54, 1.807) is 0 Å². The molecule has 1 aliphatic rings. The van der Waals surface area contributed by atoms with E-state index in [9.17, 15) is 9.50 Å². The normalized spacial score (nSPS) is 27.2. The standard InChI is InChI=1S/C13H21FN4O/c1-2-9-3-5-13(19,6-4-9)8-17-11-10(14)7-16-12(15)18-11/h7,9,19H,2-6,8H2,1H3,(H3,15,16,17,18). The van der Waals surface area contributed by atoms with Crippen molar-refractivity contribution in [3.63, 3.8) is 0 Å². The minimum atomic E-state index is -0.780. The molecule has 1 aliphatic carbocycles. The fourth-order valence-electron chi connectivity index (χ4n) is 2.55. The summed E-state index contributed by atoms with van der Waals surface area (Å²) >= 11 is 0. The number of anilines is 2. The molecule has 19 heavy (non-hydrogen) atoms. The molecule has 0 bridgehead atoms. The lowest BCUT2D eigenvalue weighted by molar-refractivity contribution is 0.00218. The van der Waals surface area contributed by atoms with Gasteiger partial charge in [0.2, 0.25) is 5.95 Å². The Morgan fingerprint density at radius 3 is 2.84 bits per heavy atom. The van der Waals surface area contributed by atoms with Gasteiger partial charge in [-0.1, -0.05) is 13.3 Å². The van der Waals surface area contributed by atoms with Crippen LogP contribution in [0.1, 0.15) is 39.0 Å². The van der Waals surface area contributed by atoms with Crippen molar-refractivity contribution in [3.8, 4) is 0 Å². The first-order chi connectivity index (χ1) is 9.02. The third kappa shape index (κ3) is 3.53. The van der Waals surface area contributed by atoms with Crippen LogP contribution in [0.2, 0.25) is 0 Å². The molecule has 1 aromatic rings. The molecule has 5 nitrogen and oxygen atoms in total. The smallest absolute Gasteiger partial charge is 0.222 e. The van der Waals surface area contributed by atoms with Crippen molar-refractivity contribution < 1.29 is 9.50 Å². The van der Waals surface area contributed by atoms with E-state index < -0.39 is 11.4 Å². The first-order valence-corrected chi connectivity index (χ1v) is 6.77. The van der Waals surface area contributed by atoms with Gasteiger partial charge in [0.25, 0.3) is 0 Å². The van der Waals surface area contributed by atoms with E-state index in [-0.39, 0.29) is 18.3 Å². The zero-order valence-electron chi connectivity index (χ0n) is 11.2. The summed E-state index contributed by atoms with van der Waals surface area (Å²) < 4.78 is 13.4. The Kier molecular flexibility index (Phi) is 4.19. The maximum absolute atomic E-state index is 13.4. The van der Waals surface area contributed by atoms with Crippen molar-refractivity contribution in [1.29, 1.82) is 0 Å². The summed E-state index contributed by atoms with van der Waals surface area (Å²) in [5.74, 6) is 0.218. The molecule has 0 aliphatic heterocycles. The number of nitrogen functional groups attached to an aromatic ring is 1. The second-order valence-electron chi connectivity index (χ2n) is 5.35. The zero-order chi connectivity index (χ0) is 13.9. The summed E-state index contributed by atoms with van der Waals surface area (Å²) in [5.41, 5.74) is 4.63. The zero-order valence-corrected chi connectivity index (χ0v) is 11.2. The molecule has 0 spiro atoms. The van der Waals surface area contributed by atoms with Crippen LogP contribution >= 0.6 is 0 Å². The number of nitrogens with one attached hydrogen (secondary N) is 1. The molecular formula is C13H21FN4O. The van der Waals surface area contributed by atoms with E-state index in [2.05, 4.69) is 22.2 Å². The molecule has 0 atom stereocenters. The summed E-state index contributed by atoms with van der Waals surface area (Å²) in [4.78, 5) is 7.35. The number of hydrogen-bond acceptors (Lipinski definition) is 5. The largest absolute Gasteiger partial charge is 0.388 e. The summed E-state index contributed by atoms with van der Waals surface area (Å²) in [7, 11) is 0. The van der Waals surface area contributed by atoms with Crippen LogP contribution in [0.3, 0.4) is 0 Å². The Balaban J connectivity index is 1.93. The number of rotatable bonds is 4. The molecule has 0 radical (unpaired) electrons. The SMILES string of the molecule is CCC1CCC(O)(CNc2nc(N)ncc2F)CC1. The average Bonchev–Trinajstić information content (AvgIpc) is 2.41. The third-order valence-corrected chi connectivity index (χ3v) is 3.96. The lowest BCUT2D eigenvalue weighted by atomic mass is 9.78. The maximum atomic E-state index is 13.4. The van der Waals surface area contributed by atoms with Gasteiger partial charge in [0.05, 0.1) is 11.8 Å². The summed E-state index contributed by atoms with van der Waals surface area (Å²) in [5, 5.41) is 13.3. The molecule has 0 amide bonds. The highest BCUT2D eigenvalue weighted by atomic mass is 19.1. The molecular weight excluding hydrogens is 247 g/mol. The third-order valence-electron chi connectivity index (χ3n) is 3.96. The number of aliphatic hydroxyl groups is 1. The van der Waals surface area contributed by atoms with Crippen LogP contribution in [0.25, 0.3) is 0 Å². The fraction of sp³-hybridized carbons (Fsp3) is 0.692. The topological polar surface area (TPSA) is 84.1 Å². The van der Waals surface area contributed by atoms with Crippen LogP contribution in [0, 0.1) is 11.7 Å². The van der Waals surface area contributed by atoms with E-state index in [1.807, 2.05) is 0 Å². The summed E-state index contributed by atoms with van der Waals surface area (Å²) in [6, 6.07) is 0. The highest BCUT2D eigenvalue weighted by Gasteiger charge is 2.32. The van der Waals surface area contributed by atoms with Gasteiger partial charge in [-0.2, -0.15) is 4.98 Å². The van der Waals surface area contributed by atoms with Gasteiger partial charge >= 0.3 is 0 Å². The molecule has 0 unspecified atom stereocenters. The van der Waals surface area contributed by atoms with Crippen LogP contribution < -0.4 is 11.1 Å². The van der Waals surface area contributed by atoms with Gasteiger partial charge < -0.3 is 16.2 Å². The molecule has 106 valence electrons. The molecule has 4 N–H and O–H groups in total. The Morgan fingerprint density at radius 1 is 1.53 bits per heavy atom. The van der Waals surface area contributed by atoms with Crippen molar-refractivity contribution in [2.24, 2.45) is 5.92 Å². The predicted molar refractivity (Wildman–Crippen MR) is 72.1 cm³/mol. The summed E-state index contributed by atoms with van der Waals surface area (Å²) in [6.45, 7) is 2.46. The molecule has 1 fully saturated rings. The van der Waals surface area contributed by atoms with Gasteiger partial charge in [0.15, 0.2) is 11.6 Å². The number of nitrogens with two attached hydrogens (primary N) is 1. The second kappa shape index (κ2) is 5.69. The maximum Gasteiger partial charge on any atom is 0.222 e. The number of hydrogen-bond donors (Lipinski definition) is 3. The molecule has 6 heteroatoms. The van der Waals surface area contributed by atoms with Crippen LogP contribution in [0.5, 0.6) is 0 Å². The second-order valence-corrected chi connectivity index (χ2v) is 5.35. The Bertz CT molecular complexity index is 433. The highest BCUT2D eigenvalue weighted by Crippen LogP contribution is 2.33. The van der Waals surface area contributed by atoms with E-state index in [0.29, 0.717) is 5.92 Å². The number of aromatic nitrogens is 2. The van der Waals surface area contributed by atoms with Crippen LogP contribution in [0.4, 0.5) is 16.2 Å². The van der Waals surface area contributed by atoms with Gasteiger partial charge in [-0.05, 0) is 31.6 Å². The van der Waals surface area contributed by atoms with Gasteiger partial charge in [-0.25, -0.2) is 9.37 Å². The first kappa shape index (κ1) is 14.0. The summed E-state index contributed by atoms with van der Waals surface area (Å²) in [6.07, 6.45) is 5.69. The van der Waals surface area contributed by atoms with Crippen molar-refractivity contribution in [3.05, 3.63) is 12.0 Å². The number of halogens is 1. The molecule has 0 saturated heterocycles. The van der Waals surface area contributed by atoms with E-state index in [4.69, 9.17) is 5.73 Å². The number of nitrogens with zero attached hydrogens (tertiary/aromatic N) is 2. The molecule has 2 rings (SSSR count). The van der Waals surface area contributed by atoms with Crippen LogP contribution in [-0.4, -0.2) is 27.2 Å². The highest BCUT2D eigenvalue weighted by molar-refractivity contribution is 5.39. The fourth-order valence-corrected chi connectivity index (χ4v) is 2.55. The van der Waals surface area contributed by atoms with Crippen molar-refractivity contribution in [2.75, 3.05) is 17.6 Å². The Hall–Kier alpha value is -1.43. The van der Waals surface area contributed by atoms with E-state index in [1.165, 1.54) is 0 Å². The lowest BCUT2D eigenvalue weighted by Gasteiger charge is -2.36. The Morgan fingerprint density at radius 2 is 2.21 bits per heavy atom. The van der Waals surface area contributed by atoms with Crippen LogP contribution in [-0.2, 0) is 0 Å². The Labute approximate surface area is 112 Å². The van der Waals surface area contributed by atoms with Crippen molar-refractivity contribution in [1.82, 2.24) is 9.97 Å². The van der Waals surface area contributed by atoms with E-state index in [0.717, 1.165) is 38.3 Å². The van der Waals surface area contributed by atoms with Crippen molar-refractivity contribution in [2.45, 2.75) is 44.6 Å². The van der Waals surface area contributed by atoms with Gasteiger partial charge in [-0.15, -0.1) is 0 Å². The van der Waals surface area contributed by atoms with Gasteiger partial charge in [-0.3, -0.25) is 0 Å². The van der Waals surface area contributed by atoms with Crippen molar-refractivity contribution >= 4 is 11.8 Å². The molecule has 1 saturated carbocycles. The average molecular weight is 268 g/mol. The monoisotopic (exact) mass is 268 g/mol. The first-order valence-electron chi connectivity index (χ1n) is 6.77. The minimum Gasteiger partial charge on any atom is -0.388 e. The van der Waals surface area contributed by atoms with Gasteiger partial charge in [0.1, 0.15) is 0 Å². The molecule has 1 aromatic heterocycles. The van der Waals surface area contributed by atoms with Crippen LogP contribution in [0.15, 0.2) is 6.20 Å². The lowest BCUT2D eigenvalue weighted by Crippen LogP contribution is -2.40. The van der Waals surface area contributed by atoms with E-state index >= 15 is 0 Å². The van der Waals surface area contributed by atoms with Gasteiger partial charge in [0, 0.05) is 6.54 Å².